The van der Waals surface area contributed by atoms with E-state index in [-0.39, 0.29) is 0 Å². The number of aromatic nitrogens is 1. The zero-order valence-electron chi connectivity index (χ0n) is 8.67. The van der Waals surface area contributed by atoms with Crippen LogP contribution in [-0.2, 0) is 0 Å². The van der Waals surface area contributed by atoms with E-state index >= 15 is 0 Å². The Hall–Kier alpha value is -1.03. The van der Waals surface area contributed by atoms with Gasteiger partial charge in [0.25, 0.3) is 0 Å². The predicted molar refractivity (Wildman–Crippen MR) is 52.6 cm³/mol. The van der Waals surface area contributed by atoms with Crippen molar-refractivity contribution < 1.29 is 9.26 Å². The van der Waals surface area contributed by atoms with Gasteiger partial charge in [0.1, 0.15) is 0 Å². The largest absolute Gasteiger partial charge is 0.467 e. The molecule has 1 aliphatic heterocycles. The summed E-state index contributed by atoms with van der Waals surface area (Å²) in [5, 5.41) is 7.31. The Kier molecular flexibility index (Phi) is 2.72. The number of hydrogen-bond donors (Lipinski definition) is 1. The molecule has 0 radical (unpaired) electrons. The molecule has 1 aliphatic rings. The average molecular weight is 196 g/mol. The summed E-state index contributed by atoms with van der Waals surface area (Å²) >= 11 is 0. The monoisotopic (exact) mass is 196 g/mol. The highest BCUT2D eigenvalue weighted by Gasteiger charge is 2.24. The van der Waals surface area contributed by atoms with E-state index in [1.807, 2.05) is 6.92 Å². The Morgan fingerprint density at radius 2 is 2.43 bits per heavy atom. The SMILES string of the molecule is COc1onc(C)c1C1CCCNC1. The maximum absolute atomic E-state index is 5.16. The van der Waals surface area contributed by atoms with Crippen molar-refractivity contribution in [1.82, 2.24) is 10.5 Å². The minimum atomic E-state index is 0.491. The third-order valence-electron chi connectivity index (χ3n) is 2.77. The van der Waals surface area contributed by atoms with E-state index in [0.29, 0.717) is 11.9 Å². The summed E-state index contributed by atoms with van der Waals surface area (Å²) in [6, 6.07) is 0. The second kappa shape index (κ2) is 4.00. The van der Waals surface area contributed by atoms with Crippen LogP contribution in [-0.4, -0.2) is 25.4 Å². The van der Waals surface area contributed by atoms with Gasteiger partial charge < -0.3 is 14.6 Å². The molecule has 1 unspecified atom stereocenters. The zero-order chi connectivity index (χ0) is 9.97. The average Bonchev–Trinajstić information content (AvgIpc) is 2.61. The topological polar surface area (TPSA) is 47.3 Å². The summed E-state index contributed by atoms with van der Waals surface area (Å²) in [5.74, 6) is 1.07. The van der Waals surface area contributed by atoms with E-state index in [1.54, 1.807) is 7.11 Å². The number of piperidine rings is 1. The van der Waals surface area contributed by atoms with Gasteiger partial charge in [0.15, 0.2) is 0 Å². The van der Waals surface area contributed by atoms with Crippen molar-refractivity contribution >= 4 is 0 Å². The van der Waals surface area contributed by atoms with Crippen molar-refractivity contribution in [3.05, 3.63) is 11.3 Å². The highest BCUT2D eigenvalue weighted by molar-refractivity contribution is 5.31. The number of rotatable bonds is 2. The van der Waals surface area contributed by atoms with Crippen molar-refractivity contribution in [3.63, 3.8) is 0 Å². The molecular weight excluding hydrogens is 180 g/mol. The van der Waals surface area contributed by atoms with Crippen LogP contribution in [0.25, 0.3) is 0 Å². The predicted octanol–water partition coefficient (Wildman–Crippen LogP) is 1.46. The molecule has 0 saturated carbocycles. The standard InChI is InChI=1S/C10H16N2O2/c1-7-9(10(13-2)14-12-7)8-4-3-5-11-6-8/h8,11H,3-6H2,1-2H3. The molecule has 4 heteroatoms. The first kappa shape index (κ1) is 9.52. The zero-order valence-corrected chi connectivity index (χ0v) is 8.67. The Bertz CT molecular complexity index is 303. The van der Waals surface area contributed by atoms with E-state index in [2.05, 4.69) is 10.5 Å². The molecule has 0 spiro atoms. The van der Waals surface area contributed by atoms with Gasteiger partial charge in [-0.05, 0) is 26.3 Å². The molecule has 0 aliphatic carbocycles. The number of nitrogens with one attached hydrogen (secondary N) is 1. The lowest BCUT2D eigenvalue weighted by molar-refractivity contribution is 0.254. The van der Waals surface area contributed by atoms with Crippen molar-refractivity contribution in [3.8, 4) is 5.95 Å². The molecule has 2 rings (SSSR count). The Balaban J connectivity index is 2.23. The van der Waals surface area contributed by atoms with Crippen molar-refractivity contribution in [1.29, 1.82) is 0 Å². The maximum atomic E-state index is 5.16. The third-order valence-corrected chi connectivity index (χ3v) is 2.77. The molecule has 0 bridgehead atoms. The van der Waals surface area contributed by atoms with E-state index in [4.69, 9.17) is 9.26 Å². The van der Waals surface area contributed by atoms with Crippen LogP contribution in [0.3, 0.4) is 0 Å². The minimum Gasteiger partial charge on any atom is -0.467 e. The fraction of sp³-hybridized carbons (Fsp3) is 0.700. The number of hydrogen-bond acceptors (Lipinski definition) is 4. The van der Waals surface area contributed by atoms with Crippen LogP contribution < -0.4 is 10.1 Å². The summed E-state index contributed by atoms with van der Waals surface area (Å²) in [5.41, 5.74) is 2.09. The summed E-state index contributed by atoms with van der Waals surface area (Å²) in [4.78, 5) is 0. The molecular formula is C10H16N2O2. The maximum Gasteiger partial charge on any atom is 0.314 e. The Morgan fingerprint density at radius 1 is 1.57 bits per heavy atom. The fourth-order valence-corrected chi connectivity index (χ4v) is 2.06. The second-order valence-corrected chi connectivity index (χ2v) is 3.72. The van der Waals surface area contributed by atoms with Crippen LogP contribution in [0.5, 0.6) is 5.95 Å². The highest BCUT2D eigenvalue weighted by atomic mass is 16.6. The van der Waals surface area contributed by atoms with Gasteiger partial charge in [0.2, 0.25) is 0 Å². The van der Waals surface area contributed by atoms with Gasteiger partial charge in [-0.15, -0.1) is 0 Å². The molecule has 1 aromatic rings. The second-order valence-electron chi connectivity index (χ2n) is 3.72. The molecule has 1 N–H and O–H groups in total. The molecule has 2 heterocycles. The highest BCUT2D eigenvalue weighted by Crippen LogP contribution is 2.33. The van der Waals surface area contributed by atoms with Crippen LogP contribution in [0, 0.1) is 6.92 Å². The molecule has 1 atom stereocenters. The van der Waals surface area contributed by atoms with Gasteiger partial charge in [-0.2, -0.15) is 0 Å². The number of nitrogens with zero attached hydrogens (tertiary/aromatic N) is 1. The molecule has 0 aromatic carbocycles. The van der Waals surface area contributed by atoms with Gasteiger partial charge in [-0.1, -0.05) is 5.16 Å². The number of methoxy groups -OCH3 is 1. The van der Waals surface area contributed by atoms with Gasteiger partial charge in [0.05, 0.1) is 18.4 Å². The summed E-state index contributed by atoms with van der Waals surface area (Å²) in [7, 11) is 1.62. The molecule has 1 saturated heterocycles. The first-order valence-corrected chi connectivity index (χ1v) is 5.03. The molecule has 78 valence electrons. The van der Waals surface area contributed by atoms with Gasteiger partial charge in [0, 0.05) is 12.5 Å². The molecule has 1 aromatic heterocycles. The lowest BCUT2D eigenvalue weighted by Gasteiger charge is -2.22. The van der Waals surface area contributed by atoms with Crippen LogP contribution in [0.1, 0.15) is 30.0 Å². The van der Waals surface area contributed by atoms with Crippen molar-refractivity contribution in [2.75, 3.05) is 20.2 Å². The molecule has 4 nitrogen and oxygen atoms in total. The first-order chi connectivity index (χ1) is 6.83. The van der Waals surface area contributed by atoms with E-state index < -0.39 is 0 Å². The van der Waals surface area contributed by atoms with Crippen LogP contribution in [0.4, 0.5) is 0 Å². The molecule has 1 fully saturated rings. The van der Waals surface area contributed by atoms with E-state index in [9.17, 15) is 0 Å². The smallest absolute Gasteiger partial charge is 0.314 e. The Labute approximate surface area is 83.6 Å². The van der Waals surface area contributed by atoms with Gasteiger partial charge in [-0.25, -0.2) is 0 Å². The van der Waals surface area contributed by atoms with E-state index in [1.165, 1.54) is 12.8 Å². The van der Waals surface area contributed by atoms with E-state index in [0.717, 1.165) is 24.3 Å². The van der Waals surface area contributed by atoms with Crippen LogP contribution in [0.15, 0.2) is 4.52 Å². The summed E-state index contributed by atoms with van der Waals surface area (Å²) < 4.78 is 10.3. The van der Waals surface area contributed by atoms with Gasteiger partial charge in [-0.3, -0.25) is 0 Å². The quantitative estimate of drug-likeness (QED) is 0.778. The summed E-state index contributed by atoms with van der Waals surface area (Å²) in [6.07, 6.45) is 2.39. The summed E-state index contributed by atoms with van der Waals surface area (Å²) in [6.45, 7) is 4.08. The van der Waals surface area contributed by atoms with Crippen molar-refractivity contribution in [2.45, 2.75) is 25.7 Å². The van der Waals surface area contributed by atoms with Gasteiger partial charge >= 0.3 is 5.95 Å². The first-order valence-electron chi connectivity index (χ1n) is 5.03. The number of ether oxygens (including phenoxy) is 1. The lowest BCUT2D eigenvalue weighted by Crippen LogP contribution is -2.28. The third kappa shape index (κ3) is 1.62. The fourth-order valence-electron chi connectivity index (χ4n) is 2.06. The lowest BCUT2D eigenvalue weighted by atomic mass is 9.92. The van der Waals surface area contributed by atoms with Crippen LogP contribution in [0.2, 0.25) is 0 Å². The Morgan fingerprint density at radius 3 is 3.07 bits per heavy atom. The normalized spacial score (nSPS) is 22.3. The number of aryl methyl sites for hydroxylation is 1. The van der Waals surface area contributed by atoms with Crippen molar-refractivity contribution in [2.24, 2.45) is 0 Å². The molecule has 0 amide bonds. The molecule has 14 heavy (non-hydrogen) atoms. The van der Waals surface area contributed by atoms with Crippen LogP contribution >= 0.6 is 0 Å². The minimum absolute atomic E-state index is 0.491.